The van der Waals surface area contributed by atoms with Crippen LogP contribution in [0.1, 0.15) is 12.8 Å². The van der Waals surface area contributed by atoms with E-state index in [2.05, 4.69) is 4.74 Å². The summed E-state index contributed by atoms with van der Waals surface area (Å²) in [6.45, 7) is 0. The minimum atomic E-state index is -0.909. The van der Waals surface area contributed by atoms with Gasteiger partial charge >= 0.3 is 5.97 Å². The van der Waals surface area contributed by atoms with Crippen LogP contribution in [0.2, 0.25) is 0 Å². The van der Waals surface area contributed by atoms with E-state index in [1.807, 2.05) is 17.5 Å². The van der Waals surface area contributed by atoms with Crippen molar-refractivity contribution in [2.45, 2.75) is 12.8 Å². The first kappa shape index (κ1) is 11.1. The molecule has 0 saturated heterocycles. The van der Waals surface area contributed by atoms with E-state index in [9.17, 15) is 9.59 Å². The van der Waals surface area contributed by atoms with Gasteiger partial charge in [0.2, 0.25) is 5.91 Å². The van der Waals surface area contributed by atoms with E-state index >= 15 is 0 Å². The number of carbonyl (C=O) groups is 2. The van der Waals surface area contributed by atoms with E-state index in [0.717, 1.165) is 5.00 Å². The van der Waals surface area contributed by atoms with Crippen molar-refractivity contribution in [2.75, 3.05) is 19.1 Å². The maximum absolute atomic E-state index is 12.2. The Labute approximate surface area is 97.8 Å². The van der Waals surface area contributed by atoms with Crippen molar-refractivity contribution >= 4 is 28.2 Å². The number of hydrogen-bond acceptors (Lipinski definition) is 4. The number of carbonyl (C=O) groups excluding carboxylic acids is 2. The molecule has 0 atom stereocenters. The Bertz CT molecular complexity index is 409. The van der Waals surface area contributed by atoms with Gasteiger partial charge in [0.05, 0.1) is 12.1 Å². The molecule has 0 unspecified atom stereocenters. The Morgan fingerprint density at radius 1 is 1.50 bits per heavy atom. The number of anilines is 1. The van der Waals surface area contributed by atoms with E-state index in [1.165, 1.54) is 23.3 Å². The van der Waals surface area contributed by atoms with Crippen LogP contribution in [0.3, 0.4) is 0 Å². The Morgan fingerprint density at radius 3 is 2.62 bits per heavy atom. The molecule has 1 aromatic rings. The number of esters is 1. The van der Waals surface area contributed by atoms with E-state index in [4.69, 9.17) is 0 Å². The standard InChI is InChI=1S/C11H13NO3S/c1-12(8-4-3-7-16-8)9(13)11(5-6-11)10(14)15-2/h3-4,7H,5-6H2,1-2H3. The van der Waals surface area contributed by atoms with Crippen molar-refractivity contribution in [1.82, 2.24) is 0 Å². The first-order chi connectivity index (χ1) is 7.62. The molecule has 0 N–H and O–H groups in total. The summed E-state index contributed by atoms with van der Waals surface area (Å²) in [5, 5.41) is 2.75. The molecule has 0 aromatic carbocycles. The van der Waals surface area contributed by atoms with Crippen molar-refractivity contribution in [1.29, 1.82) is 0 Å². The number of rotatable bonds is 3. The molecule has 1 aliphatic rings. The fourth-order valence-corrected chi connectivity index (χ4v) is 2.40. The zero-order valence-corrected chi connectivity index (χ0v) is 10.0. The number of amides is 1. The normalized spacial score (nSPS) is 16.6. The molecule has 1 fully saturated rings. The minimum Gasteiger partial charge on any atom is -0.468 e. The number of methoxy groups -OCH3 is 1. The van der Waals surface area contributed by atoms with Gasteiger partial charge in [0.25, 0.3) is 0 Å². The second-order valence-electron chi connectivity index (χ2n) is 3.89. The van der Waals surface area contributed by atoms with Crippen LogP contribution in [-0.2, 0) is 14.3 Å². The van der Waals surface area contributed by atoms with Crippen LogP contribution >= 0.6 is 11.3 Å². The molecule has 0 radical (unpaired) electrons. The van der Waals surface area contributed by atoms with E-state index in [-0.39, 0.29) is 5.91 Å². The summed E-state index contributed by atoms with van der Waals surface area (Å²) in [6, 6.07) is 3.73. The highest BCUT2D eigenvalue weighted by atomic mass is 32.1. The van der Waals surface area contributed by atoms with Crippen LogP contribution in [0.15, 0.2) is 17.5 Å². The first-order valence-corrected chi connectivity index (χ1v) is 5.90. The topological polar surface area (TPSA) is 46.6 Å². The van der Waals surface area contributed by atoms with Gasteiger partial charge in [-0.1, -0.05) is 0 Å². The Kier molecular flexibility index (Phi) is 2.71. The van der Waals surface area contributed by atoms with Gasteiger partial charge in [0.1, 0.15) is 5.41 Å². The quantitative estimate of drug-likeness (QED) is 0.595. The molecule has 0 bridgehead atoms. The number of thiophene rings is 1. The van der Waals surface area contributed by atoms with Gasteiger partial charge in [0.15, 0.2) is 0 Å². The summed E-state index contributed by atoms with van der Waals surface area (Å²) < 4.78 is 4.68. The summed E-state index contributed by atoms with van der Waals surface area (Å²) in [6.07, 6.45) is 1.18. The van der Waals surface area contributed by atoms with Crippen LogP contribution in [0.4, 0.5) is 5.00 Å². The molecule has 1 aromatic heterocycles. The van der Waals surface area contributed by atoms with Gasteiger partial charge in [-0.05, 0) is 30.4 Å². The molecule has 86 valence electrons. The third-order valence-corrected chi connectivity index (χ3v) is 3.82. The molecule has 1 heterocycles. The molecule has 1 aliphatic carbocycles. The average molecular weight is 239 g/mol. The van der Waals surface area contributed by atoms with Gasteiger partial charge in [0, 0.05) is 7.05 Å². The highest BCUT2D eigenvalue weighted by molar-refractivity contribution is 7.14. The molecule has 1 amide bonds. The van der Waals surface area contributed by atoms with Gasteiger partial charge in [-0.25, -0.2) is 0 Å². The van der Waals surface area contributed by atoms with Gasteiger partial charge in [-0.15, -0.1) is 11.3 Å². The van der Waals surface area contributed by atoms with Crippen molar-refractivity contribution in [3.05, 3.63) is 17.5 Å². The number of hydrogen-bond donors (Lipinski definition) is 0. The van der Waals surface area contributed by atoms with Crippen molar-refractivity contribution in [3.63, 3.8) is 0 Å². The maximum Gasteiger partial charge on any atom is 0.321 e. The van der Waals surface area contributed by atoms with Crippen LogP contribution in [0, 0.1) is 5.41 Å². The Balaban J connectivity index is 2.17. The van der Waals surface area contributed by atoms with Crippen molar-refractivity contribution in [2.24, 2.45) is 5.41 Å². The van der Waals surface area contributed by atoms with E-state index < -0.39 is 11.4 Å². The molecule has 2 rings (SSSR count). The predicted molar refractivity (Wildman–Crippen MR) is 61.4 cm³/mol. The lowest BCUT2D eigenvalue weighted by Gasteiger charge is -2.20. The molecule has 1 saturated carbocycles. The summed E-state index contributed by atoms with van der Waals surface area (Å²) in [5.74, 6) is -0.581. The lowest BCUT2D eigenvalue weighted by atomic mass is 10.1. The third-order valence-electron chi connectivity index (χ3n) is 2.88. The Morgan fingerprint density at radius 2 is 2.19 bits per heavy atom. The van der Waals surface area contributed by atoms with Crippen LogP contribution in [-0.4, -0.2) is 26.0 Å². The largest absolute Gasteiger partial charge is 0.468 e. The Hall–Kier alpha value is -1.36. The second-order valence-corrected chi connectivity index (χ2v) is 4.82. The molecule has 16 heavy (non-hydrogen) atoms. The maximum atomic E-state index is 12.2. The summed E-state index contributed by atoms with van der Waals surface area (Å²) in [7, 11) is 3.01. The zero-order valence-electron chi connectivity index (χ0n) is 9.23. The van der Waals surface area contributed by atoms with Crippen molar-refractivity contribution in [3.8, 4) is 0 Å². The molecular weight excluding hydrogens is 226 g/mol. The molecule has 4 nitrogen and oxygen atoms in total. The lowest BCUT2D eigenvalue weighted by molar-refractivity contribution is -0.151. The summed E-state index contributed by atoms with van der Waals surface area (Å²) >= 11 is 1.48. The molecule has 0 spiro atoms. The second kappa shape index (κ2) is 3.90. The zero-order chi connectivity index (χ0) is 11.8. The molecule has 0 aliphatic heterocycles. The number of ether oxygens (including phenoxy) is 1. The molecular formula is C11H13NO3S. The predicted octanol–water partition coefficient (Wildman–Crippen LogP) is 1.66. The highest BCUT2D eigenvalue weighted by Gasteiger charge is 2.59. The minimum absolute atomic E-state index is 0.165. The van der Waals surface area contributed by atoms with Crippen LogP contribution in [0.5, 0.6) is 0 Å². The summed E-state index contributed by atoms with van der Waals surface area (Å²) in [4.78, 5) is 25.2. The summed E-state index contributed by atoms with van der Waals surface area (Å²) in [5.41, 5.74) is -0.909. The monoisotopic (exact) mass is 239 g/mol. The van der Waals surface area contributed by atoms with Gasteiger partial charge in [-0.2, -0.15) is 0 Å². The fraction of sp³-hybridized carbons (Fsp3) is 0.455. The fourth-order valence-electron chi connectivity index (χ4n) is 1.71. The van der Waals surface area contributed by atoms with Crippen molar-refractivity contribution < 1.29 is 14.3 Å². The third kappa shape index (κ3) is 1.61. The van der Waals surface area contributed by atoms with E-state index in [1.54, 1.807) is 7.05 Å². The van der Waals surface area contributed by atoms with E-state index in [0.29, 0.717) is 12.8 Å². The lowest BCUT2D eigenvalue weighted by Crippen LogP contribution is -2.38. The number of nitrogens with zero attached hydrogens (tertiary/aromatic N) is 1. The van der Waals surface area contributed by atoms with Gasteiger partial charge < -0.3 is 9.64 Å². The highest BCUT2D eigenvalue weighted by Crippen LogP contribution is 2.48. The van der Waals surface area contributed by atoms with Crippen LogP contribution in [0.25, 0.3) is 0 Å². The smallest absolute Gasteiger partial charge is 0.321 e. The first-order valence-electron chi connectivity index (χ1n) is 5.02. The molecule has 5 heteroatoms. The van der Waals surface area contributed by atoms with Crippen LogP contribution < -0.4 is 4.90 Å². The average Bonchev–Trinajstić information content (AvgIpc) is 2.94. The SMILES string of the molecule is COC(=O)C1(C(=O)N(C)c2cccs2)CC1. The van der Waals surface area contributed by atoms with Gasteiger partial charge in [-0.3, -0.25) is 9.59 Å².